The molecule has 0 aromatic carbocycles. The van der Waals surface area contributed by atoms with Gasteiger partial charge in [-0.15, -0.1) is 0 Å². The molecular weight excluding hydrogens is 128 g/mol. The van der Waals surface area contributed by atoms with E-state index in [-0.39, 0.29) is 5.41 Å². The van der Waals surface area contributed by atoms with E-state index in [9.17, 15) is 5.11 Å². The van der Waals surface area contributed by atoms with Crippen LogP contribution in [0, 0.1) is 5.41 Å². The second-order valence-corrected chi connectivity index (χ2v) is 3.91. The van der Waals surface area contributed by atoms with E-state index in [1.54, 1.807) is 0 Å². The molecule has 1 radical (unpaired) electrons. The van der Waals surface area contributed by atoms with Gasteiger partial charge >= 0.3 is 0 Å². The summed E-state index contributed by atoms with van der Waals surface area (Å²) >= 11 is 0. The van der Waals surface area contributed by atoms with Crippen molar-refractivity contribution in [3.63, 3.8) is 0 Å². The molecule has 2 nitrogen and oxygen atoms in total. The van der Waals surface area contributed by atoms with Crippen molar-refractivity contribution in [2.75, 3.05) is 0 Å². The summed E-state index contributed by atoms with van der Waals surface area (Å²) in [5.41, 5.74) is 0.287. The zero-order chi connectivity index (χ0) is 8.20. The molecule has 61 valence electrons. The Labute approximate surface area is 62.9 Å². The monoisotopic (exact) mass is 145 g/mol. The third-order valence-corrected chi connectivity index (χ3v) is 1.38. The molecule has 0 aliphatic rings. The van der Waals surface area contributed by atoms with Crippen LogP contribution in [0.3, 0.4) is 0 Å². The lowest BCUT2D eigenvalue weighted by Gasteiger charge is -2.17. The van der Waals surface area contributed by atoms with E-state index in [0.717, 1.165) is 12.8 Å². The van der Waals surface area contributed by atoms with Crippen LogP contribution in [0.4, 0.5) is 0 Å². The lowest BCUT2D eigenvalue weighted by atomic mass is 9.90. The van der Waals surface area contributed by atoms with E-state index < -0.39 is 6.29 Å². The Hall–Kier alpha value is -0.0800. The van der Waals surface area contributed by atoms with Gasteiger partial charge in [0.1, 0.15) is 0 Å². The van der Waals surface area contributed by atoms with Crippen molar-refractivity contribution in [3.05, 3.63) is 0 Å². The maximum absolute atomic E-state index is 10.2. The van der Waals surface area contributed by atoms with Gasteiger partial charge in [0.05, 0.1) is 0 Å². The largest absolute Gasteiger partial charge is 0.366 e. The van der Waals surface area contributed by atoms with Gasteiger partial charge < -0.3 is 5.11 Å². The SMILES string of the molecule is CC(C)(C)CCCC([O])O. The van der Waals surface area contributed by atoms with Crippen LogP contribution in [0.5, 0.6) is 0 Å². The summed E-state index contributed by atoms with van der Waals surface area (Å²) < 4.78 is 0. The van der Waals surface area contributed by atoms with Gasteiger partial charge in [-0.3, -0.25) is 0 Å². The standard InChI is InChI=1S/C8H17O2/c1-8(2,3)6-4-5-7(9)10/h7,9H,4-6H2,1-3H3. The van der Waals surface area contributed by atoms with Crippen molar-refractivity contribution in [2.45, 2.75) is 46.3 Å². The predicted molar refractivity (Wildman–Crippen MR) is 40.0 cm³/mol. The smallest absolute Gasteiger partial charge is 0.188 e. The molecule has 1 N–H and O–H groups in total. The third kappa shape index (κ3) is 7.92. The fourth-order valence-electron chi connectivity index (χ4n) is 0.807. The zero-order valence-corrected chi connectivity index (χ0v) is 7.05. The van der Waals surface area contributed by atoms with Crippen LogP contribution in [0.15, 0.2) is 0 Å². The van der Waals surface area contributed by atoms with Crippen molar-refractivity contribution in [2.24, 2.45) is 5.41 Å². The lowest BCUT2D eigenvalue weighted by Crippen LogP contribution is -2.07. The Kier molecular flexibility index (Phi) is 3.91. The Morgan fingerprint density at radius 2 is 1.90 bits per heavy atom. The molecule has 10 heavy (non-hydrogen) atoms. The Bertz CT molecular complexity index is 81.7. The van der Waals surface area contributed by atoms with E-state index in [1.165, 1.54) is 0 Å². The molecule has 0 saturated heterocycles. The topological polar surface area (TPSA) is 40.1 Å². The predicted octanol–water partition coefficient (Wildman–Crippen LogP) is 1.95. The van der Waals surface area contributed by atoms with Crippen molar-refractivity contribution >= 4 is 0 Å². The third-order valence-electron chi connectivity index (χ3n) is 1.38. The number of hydrogen-bond donors (Lipinski definition) is 1. The molecule has 0 rings (SSSR count). The molecule has 0 heterocycles. The summed E-state index contributed by atoms with van der Waals surface area (Å²) in [6.07, 6.45) is 0.847. The molecule has 0 aliphatic heterocycles. The van der Waals surface area contributed by atoms with Crippen LogP contribution in [0.1, 0.15) is 40.0 Å². The minimum Gasteiger partial charge on any atom is -0.366 e. The van der Waals surface area contributed by atoms with Crippen LogP contribution >= 0.6 is 0 Å². The molecule has 0 saturated carbocycles. The van der Waals surface area contributed by atoms with Crippen molar-refractivity contribution in [3.8, 4) is 0 Å². The molecule has 0 aromatic rings. The summed E-state index contributed by atoms with van der Waals surface area (Å²) in [6, 6.07) is 0. The van der Waals surface area contributed by atoms with Gasteiger partial charge in [-0.05, 0) is 18.3 Å². The molecule has 0 fully saturated rings. The maximum atomic E-state index is 10.2. The zero-order valence-electron chi connectivity index (χ0n) is 7.05. The maximum Gasteiger partial charge on any atom is 0.188 e. The minimum atomic E-state index is -1.37. The van der Waals surface area contributed by atoms with Gasteiger partial charge in [0.15, 0.2) is 6.29 Å². The summed E-state index contributed by atoms with van der Waals surface area (Å²) in [5, 5.41) is 18.6. The molecule has 2 heteroatoms. The fourth-order valence-corrected chi connectivity index (χ4v) is 0.807. The van der Waals surface area contributed by atoms with Crippen molar-refractivity contribution < 1.29 is 10.2 Å². The molecular formula is C8H17O2. The summed E-state index contributed by atoms with van der Waals surface area (Å²) in [7, 11) is 0. The van der Waals surface area contributed by atoms with Crippen LogP contribution in [-0.2, 0) is 5.11 Å². The first kappa shape index (κ1) is 9.92. The molecule has 0 aromatic heterocycles. The average Bonchev–Trinajstić information content (AvgIpc) is 1.59. The highest BCUT2D eigenvalue weighted by molar-refractivity contribution is 4.60. The van der Waals surface area contributed by atoms with Crippen molar-refractivity contribution in [1.29, 1.82) is 0 Å². The second-order valence-electron chi connectivity index (χ2n) is 3.91. The quantitative estimate of drug-likeness (QED) is 0.606. The molecule has 1 atom stereocenters. The van der Waals surface area contributed by atoms with Gasteiger partial charge in [0.2, 0.25) is 0 Å². The van der Waals surface area contributed by atoms with Crippen LogP contribution < -0.4 is 0 Å². The van der Waals surface area contributed by atoms with Gasteiger partial charge in [-0.1, -0.05) is 20.8 Å². The summed E-state index contributed by atoms with van der Waals surface area (Å²) in [6.45, 7) is 6.39. The van der Waals surface area contributed by atoms with Gasteiger partial charge in [-0.2, -0.15) is 0 Å². The number of aliphatic hydroxyl groups is 1. The molecule has 1 unspecified atom stereocenters. The summed E-state index contributed by atoms with van der Waals surface area (Å²) in [5.74, 6) is 0. The minimum absolute atomic E-state index is 0.287. The Balaban J connectivity index is 3.21. The number of rotatable bonds is 3. The number of aliphatic hydroxyl groups excluding tert-OH is 1. The van der Waals surface area contributed by atoms with Gasteiger partial charge in [0, 0.05) is 6.42 Å². The Morgan fingerprint density at radius 1 is 1.40 bits per heavy atom. The van der Waals surface area contributed by atoms with Gasteiger partial charge in [-0.25, -0.2) is 5.11 Å². The number of hydrogen-bond acceptors (Lipinski definition) is 1. The highest BCUT2D eigenvalue weighted by Gasteiger charge is 2.10. The molecule has 0 aliphatic carbocycles. The van der Waals surface area contributed by atoms with E-state index in [1.807, 2.05) is 0 Å². The highest BCUT2D eigenvalue weighted by Crippen LogP contribution is 2.21. The van der Waals surface area contributed by atoms with Crippen LogP contribution in [0.2, 0.25) is 0 Å². The van der Waals surface area contributed by atoms with Crippen LogP contribution in [0.25, 0.3) is 0 Å². The van der Waals surface area contributed by atoms with E-state index in [2.05, 4.69) is 20.8 Å². The van der Waals surface area contributed by atoms with E-state index >= 15 is 0 Å². The lowest BCUT2D eigenvalue weighted by molar-refractivity contribution is -0.0975. The van der Waals surface area contributed by atoms with Gasteiger partial charge in [0.25, 0.3) is 0 Å². The molecule has 0 bridgehead atoms. The van der Waals surface area contributed by atoms with Crippen molar-refractivity contribution in [1.82, 2.24) is 0 Å². The average molecular weight is 145 g/mol. The fraction of sp³-hybridized carbons (Fsp3) is 1.00. The molecule has 0 spiro atoms. The first-order chi connectivity index (χ1) is 4.42. The van der Waals surface area contributed by atoms with E-state index in [0.29, 0.717) is 6.42 Å². The highest BCUT2D eigenvalue weighted by atomic mass is 16.5. The van der Waals surface area contributed by atoms with Crippen LogP contribution in [-0.4, -0.2) is 11.4 Å². The second kappa shape index (κ2) is 3.94. The normalized spacial score (nSPS) is 12.6. The first-order valence-electron chi connectivity index (χ1n) is 3.76. The molecule has 0 amide bonds. The summed E-state index contributed by atoms with van der Waals surface area (Å²) in [4.78, 5) is 0. The Morgan fingerprint density at radius 3 is 2.20 bits per heavy atom. The first-order valence-corrected chi connectivity index (χ1v) is 3.76. The van der Waals surface area contributed by atoms with E-state index in [4.69, 9.17) is 5.11 Å².